The molecule has 5 nitrogen and oxygen atoms in total. The van der Waals surface area contributed by atoms with Gasteiger partial charge in [0.2, 0.25) is 0 Å². The van der Waals surface area contributed by atoms with Crippen molar-refractivity contribution in [2.24, 2.45) is 0 Å². The Hall–Kier alpha value is -2.35. The second-order valence-electron chi connectivity index (χ2n) is 5.21. The normalized spacial score (nSPS) is 10.4. The van der Waals surface area contributed by atoms with Crippen molar-refractivity contribution in [2.75, 3.05) is 11.9 Å². The van der Waals surface area contributed by atoms with Crippen LogP contribution in [0.15, 0.2) is 60.7 Å². The summed E-state index contributed by atoms with van der Waals surface area (Å²) < 4.78 is 8.29. The summed E-state index contributed by atoms with van der Waals surface area (Å²) in [5, 5.41) is 7.27. The van der Waals surface area contributed by atoms with E-state index in [9.17, 15) is 4.79 Å². The largest absolute Gasteiger partial charge is 0.484 e. The van der Waals surface area contributed by atoms with Crippen molar-refractivity contribution in [1.82, 2.24) is 9.78 Å². The molecule has 0 atom stereocenters. The van der Waals surface area contributed by atoms with Gasteiger partial charge in [-0.05, 0) is 59.8 Å². The molecule has 0 aliphatic carbocycles. The number of hydrogen-bond donors (Lipinski definition) is 1. The zero-order chi connectivity index (χ0) is 16.9. The van der Waals surface area contributed by atoms with Gasteiger partial charge in [0, 0.05) is 9.64 Å². The minimum absolute atomic E-state index is 0.0564. The Bertz CT molecular complexity index is 846. The van der Waals surface area contributed by atoms with Crippen LogP contribution in [-0.2, 0) is 4.79 Å². The van der Waals surface area contributed by atoms with Crippen molar-refractivity contribution in [3.8, 4) is 11.4 Å². The molecule has 1 heterocycles. The highest BCUT2D eigenvalue weighted by Gasteiger charge is 2.11. The van der Waals surface area contributed by atoms with Gasteiger partial charge in [0.1, 0.15) is 11.6 Å². The SMILES string of the molecule is Cc1cc(NC(=O)COc2cccc(I)c2)n(-c2ccccc2)n1. The molecular formula is C18H16IN3O2. The molecule has 0 radical (unpaired) electrons. The predicted octanol–water partition coefficient (Wildman–Crippen LogP) is 3.80. The lowest BCUT2D eigenvalue weighted by molar-refractivity contribution is -0.118. The minimum atomic E-state index is -0.231. The molecule has 0 saturated carbocycles. The molecule has 122 valence electrons. The smallest absolute Gasteiger partial charge is 0.263 e. The first-order chi connectivity index (χ1) is 11.6. The third-order valence-electron chi connectivity index (χ3n) is 3.27. The highest BCUT2D eigenvalue weighted by molar-refractivity contribution is 14.1. The number of hydrogen-bond acceptors (Lipinski definition) is 3. The van der Waals surface area contributed by atoms with Crippen LogP contribution in [0.1, 0.15) is 5.69 Å². The van der Waals surface area contributed by atoms with Crippen molar-refractivity contribution in [1.29, 1.82) is 0 Å². The van der Waals surface area contributed by atoms with Gasteiger partial charge in [0.25, 0.3) is 5.91 Å². The van der Waals surface area contributed by atoms with E-state index in [2.05, 4.69) is 33.0 Å². The molecule has 1 N–H and O–H groups in total. The summed E-state index contributed by atoms with van der Waals surface area (Å²) in [7, 11) is 0. The molecule has 3 rings (SSSR count). The lowest BCUT2D eigenvalue weighted by Gasteiger charge is -2.10. The first-order valence-corrected chi connectivity index (χ1v) is 8.50. The predicted molar refractivity (Wildman–Crippen MR) is 102 cm³/mol. The van der Waals surface area contributed by atoms with Crippen molar-refractivity contribution >= 4 is 34.3 Å². The number of para-hydroxylation sites is 1. The molecule has 0 fully saturated rings. The second-order valence-corrected chi connectivity index (χ2v) is 6.46. The van der Waals surface area contributed by atoms with E-state index >= 15 is 0 Å². The zero-order valence-corrected chi connectivity index (χ0v) is 15.2. The third-order valence-corrected chi connectivity index (χ3v) is 3.94. The van der Waals surface area contributed by atoms with E-state index in [4.69, 9.17) is 4.74 Å². The van der Waals surface area contributed by atoms with E-state index < -0.39 is 0 Å². The monoisotopic (exact) mass is 433 g/mol. The zero-order valence-electron chi connectivity index (χ0n) is 13.1. The Labute approximate surface area is 153 Å². The Morgan fingerprint density at radius 2 is 1.96 bits per heavy atom. The molecule has 6 heteroatoms. The molecule has 0 aliphatic rings. The fourth-order valence-electron chi connectivity index (χ4n) is 2.24. The van der Waals surface area contributed by atoms with Crippen molar-refractivity contribution < 1.29 is 9.53 Å². The maximum Gasteiger partial charge on any atom is 0.263 e. The molecule has 0 bridgehead atoms. The molecule has 0 spiro atoms. The van der Waals surface area contributed by atoms with Crippen LogP contribution in [0.4, 0.5) is 5.82 Å². The fraction of sp³-hybridized carbons (Fsp3) is 0.111. The number of halogens is 1. The highest BCUT2D eigenvalue weighted by atomic mass is 127. The van der Waals surface area contributed by atoms with Crippen LogP contribution >= 0.6 is 22.6 Å². The van der Waals surface area contributed by atoms with Gasteiger partial charge >= 0.3 is 0 Å². The summed E-state index contributed by atoms with van der Waals surface area (Å²) in [6.45, 7) is 1.83. The van der Waals surface area contributed by atoms with Gasteiger partial charge in [-0.15, -0.1) is 0 Å². The van der Waals surface area contributed by atoms with Crippen LogP contribution in [-0.4, -0.2) is 22.3 Å². The number of aromatic nitrogens is 2. The van der Waals surface area contributed by atoms with Crippen LogP contribution < -0.4 is 10.1 Å². The van der Waals surface area contributed by atoms with Crippen molar-refractivity contribution in [3.63, 3.8) is 0 Å². The van der Waals surface area contributed by atoms with Gasteiger partial charge in [0.05, 0.1) is 11.4 Å². The molecule has 0 aliphatic heterocycles. The molecule has 1 amide bonds. The number of carbonyl (C=O) groups is 1. The van der Waals surface area contributed by atoms with Crippen LogP contribution in [0.3, 0.4) is 0 Å². The maximum absolute atomic E-state index is 12.2. The van der Waals surface area contributed by atoms with Crippen LogP contribution in [0.5, 0.6) is 5.75 Å². The van der Waals surface area contributed by atoms with E-state index in [1.165, 1.54) is 0 Å². The number of rotatable bonds is 5. The summed E-state index contributed by atoms with van der Waals surface area (Å²) >= 11 is 2.20. The summed E-state index contributed by atoms with van der Waals surface area (Å²) in [6, 6.07) is 19.1. The fourth-order valence-corrected chi connectivity index (χ4v) is 2.75. The van der Waals surface area contributed by atoms with Gasteiger partial charge in [-0.3, -0.25) is 4.79 Å². The number of anilines is 1. The van der Waals surface area contributed by atoms with Gasteiger partial charge < -0.3 is 10.1 Å². The van der Waals surface area contributed by atoms with Crippen molar-refractivity contribution in [2.45, 2.75) is 6.92 Å². The molecule has 3 aromatic rings. The summed E-state index contributed by atoms with van der Waals surface area (Å²) in [4.78, 5) is 12.2. The number of nitrogens with zero attached hydrogens (tertiary/aromatic N) is 2. The molecule has 1 aromatic heterocycles. The highest BCUT2D eigenvalue weighted by Crippen LogP contribution is 2.17. The number of ether oxygens (including phenoxy) is 1. The number of benzene rings is 2. The first kappa shape index (κ1) is 16.5. The van der Waals surface area contributed by atoms with E-state index in [1.54, 1.807) is 4.68 Å². The summed E-state index contributed by atoms with van der Waals surface area (Å²) in [5.74, 6) is 1.06. The standard InChI is InChI=1S/C18H16IN3O2/c1-13-10-17(22(21-13)15-7-3-2-4-8-15)20-18(23)12-24-16-9-5-6-14(19)11-16/h2-11H,12H2,1H3,(H,20,23). The van der Waals surface area contributed by atoms with E-state index in [0.29, 0.717) is 11.6 Å². The van der Waals surface area contributed by atoms with Gasteiger partial charge in [-0.1, -0.05) is 24.3 Å². The number of aryl methyl sites for hydroxylation is 1. The average molecular weight is 433 g/mol. The van der Waals surface area contributed by atoms with Crippen LogP contribution in [0, 0.1) is 10.5 Å². The van der Waals surface area contributed by atoms with E-state index in [0.717, 1.165) is 15.0 Å². The van der Waals surface area contributed by atoms with Gasteiger partial charge in [0.15, 0.2) is 6.61 Å². The number of nitrogens with one attached hydrogen (secondary N) is 1. The average Bonchev–Trinajstić information content (AvgIpc) is 2.94. The number of amides is 1. The quantitative estimate of drug-likeness (QED) is 0.623. The molecule has 2 aromatic carbocycles. The van der Waals surface area contributed by atoms with E-state index in [-0.39, 0.29) is 12.5 Å². The Kier molecular flexibility index (Phi) is 5.14. The van der Waals surface area contributed by atoms with Crippen molar-refractivity contribution in [3.05, 3.63) is 69.9 Å². The summed E-state index contributed by atoms with van der Waals surface area (Å²) in [5.41, 5.74) is 1.71. The maximum atomic E-state index is 12.2. The number of carbonyl (C=O) groups excluding carboxylic acids is 1. The van der Waals surface area contributed by atoms with Gasteiger partial charge in [-0.2, -0.15) is 5.10 Å². The third kappa shape index (κ3) is 4.14. The van der Waals surface area contributed by atoms with E-state index in [1.807, 2.05) is 67.6 Å². The Morgan fingerprint density at radius 1 is 1.17 bits per heavy atom. The lowest BCUT2D eigenvalue weighted by Crippen LogP contribution is -2.21. The van der Waals surface area contributed by atoms with Gasteiger partial charge in [-0.25, -0.2) is 4.68 Å². The second kappa shape index (κ2) is 7.48. The van der Waals surface area contributed by atoms with Crippen LogP contribution in [0.25, 0.3) is 5.69 Å². The molecule has 24 heavy (non-hydrogen) atoms. The van der Waals surface area contributed by atoms with Crippen LogP contribution in [0.2, 0.25) is 0 Å². The lowest BCUT2D eigenvalue weighted by atomic mass is 10.3. The molecule has 0 unspecified atom stereocenters. The topological polar surface area (TPSA) is 56.1 Å². The Morgan fingerprint density at radius 3 is 2.71 bits per heavy atom. The molecular weight excluding hydrogens is 417 g/mol. The summed E-state index contributed by atoms with van der Waals surface area (Å²) in [6.07, 6.45) is 0. The Balaban J connectivity index is 1.69. The minimum Gasteiger partial charge on any atom is -0.484 e. The molecule has 0 saturated heterocycles. The first-order valence-electron chi connectivity index (χ1n) is 7.42.